The first-order valence-corrected chi connectivity index (χ1v) is 7.07. The summed E-state index contributed by atoms with van der Waals surface area (Å²) in [6.45, 7) is 0.435. The van der Waals surface area contributed by atoms with Crippen LogP contribution in [0.2, 0.25) is 0 Å². The molecule has 0 heterocycles. The number of methoxy groups -OCH3 is 1. The van der Waals surface area contributed by atoms with E-state index in [1.54, 1.807) is 7.11 Å². The number of benzene rings is 2. The molecule has 0 fully saturated rings. The molecule has 2 aromatic carbocycles. The van der Waals surface area contributed by atoms with Crippen molar-refractivity contribution in [2.75, 3.05) is 33.1 Å². The second kappa shape index (κ2) is 7.47. The SMILES string of the molecule is COc1ccc(Oc2ccc(NC(=O)C[NH+](C)C)cc2)cc1. The summed E-state index contributed by atoms with van der Waals surface area (Å²) in [7, 11) is 5.50. The van der Waals surface area contributed by atoms with Crippen LogP contribution in [0.5, 0.6) is 17.2 Å². The molecule has 0 unspecified atom stereocenters. The summed E-state index contributed by atoms with van der Waals surface area (Å²) in [4.78, 5) is 12.8. The highest BCUT2D eigenvalue weighted by Gasteiger charge is 2.06. The Balaban J connectivity index is 1.94. The van der Waals surface area contributed by atoms with Gasteiger partial charge in [0.05, 0.1) is 21.2 Å². The smallest absolute Gasteiger partial charge is 0.279 e. The van der Waals surface area contributed by atoms with Crippen LogP contribution in [0.15, 0.2) is 48.5 Å². The Kier molecular flexibility index (Phi) is 5.38. The van der Waals surface area contributed by atoms with Crippen molar-refractivity contribution in [3.8, 4) is 17.2 Å². The molecule has 0 aliphatic heterocycles. The first kappa shape index (κ1) is 15.9. The van der Waals surface area contributed by atoms with Crippen LogP contribution in [0.4, 0.5) is 5.69 Å². The number of hydrogen-bond acceptors (Lipinski definition) is 3. The van der Waals surface area contributed by atoms with Crippen LogP contribution in [0.3, 0.4) is 0 Å². The van der Waals surface area contributed by atoms with E-state index in [1.807, 2.05) is 62.6 Å². The van der Waals surface area contributed by atoms with Crippen LogP contribution in [-0.2, 0) is 4.79 Å². The van der Waals surface area contributed by atoms with Crippen LogP contribution in [-0.4, -0.2) is 33.7 Å². The van der Waals surface area contributed by atoms with Crippen molar-refractivity contribution in [3.63, 3.8) is 0 Å². The number of ether oxygens (including phenoxy) is 2. The number of carbonyl (C=O) groups is 1. The normalized spacial score (nSPS) is 10.4. The van der Waals surface area contributed by atoms with Gasteiger partial charge in [-0.15, -0.1) is 0 Å². The largest absolute Gasteiger partial charge is 0.497 e. The van der Waals surface area contributed by atoms with Crippen molar-refractivity contribution in [2.45, 2.75) is 0 Å². The lowest BCUT2D eigenvalue weighted by molar-refractivity contribution is -0.849. The number of quaternary nitrogens is 1. The van der Waals surface area contributed by atoms with E-state index >= 15 is 0 Å². The summed E-state index contributed by atoms with van der Waals surface area (Å²) in [5.74, 6) is 2.22. The molecule has 0 bridgehead atoms. The highest BCUT2D eigenvalue weighted by atomic mass is 16.5. The molecule has 2 aromatic rings. The van der Waals surface area contributed by atoms with E-state index in [0.29, 0.717) is 12.3 Å². The highest BCUT2D eigenvalue weighted by Crippen LogP contribution is 2.24. The first-order valence-electron chi connectivity index (χ1n) is 7.07. The summed E-state index contributed by atoms with van der Waals surface area (Å²) < 4.78 is 10.8. The fourth-order valence-electron chi connectivity index (χ4n) is 1.91. The molecule has 0 saturated carbocycles. The lowest BCUT2D eigenvalue weighted by Crippen LogP contribution is -3.06. The van der Waals surface area contributed by atoms with Crippen molar-refractivity contribution in [1.82, 2.24) is 0 Å². The third-order valence-electron chi connectivity index (χ3n) is 2.95. The fraction of sp³-hybridized carbons (Fsp3) is 0.235. The molecule has 0 atom stereocenters. The molecule has 2 N–H and O–H groups in total. The van der Waals surface area contributed by atoms with Crippen molar-refractivity contribution in [1.29, 1.82) is 0 Å². The number of rotatable bonds is 6. The zero-order valence-corrected chi connectivity index (χ0v) is 13.1. The van der Waals surface area contributed by atoms with Gasteiger partial charge in [0.25, 0.3) is 5.91 Å². The van der Waals surface area contributed by atoms with E-state index in [2.05, 4.69) is 5.32 Å². The number of likely N-dealkylation sites (N-methyl/N-ethyl adjacent to an activating group) is 1. The fourth-order valence-corrected chi connectivity index (χ4v) is 1.91. The Morgan fingerprint density at radius 2 is 1.45 bits per heavy atom. The molecular weight excluding hydrogens is 280 g/mol. The molecule has 0 spiro atoms. The molecule has 0 radical (unpaired) electrons. The third kappa shape index (κ3) is 4.79. The van der Waals surface area contributed by atoms with E-state index in [1.165, 1.54) is 0 Å². The molecule has 0 aliphatic carbocycles. The van der Waals surface area contributed by atoms with Gasteiger partial charge in [-0.2, -0.15) is 0 Å². The van der Waals surface area contributed by atoms with Crippen LogP contribution in [0.1, 0.15) is 0 Å². The highest BCUT2D eigenvalue weighted by molar-refractivity contribution is 5.91. The number of nitrogens with one attached hydrogen (secondary N) is 2. The lowest BCUT2D eigenvalue weighted by atomic mass is 10.3. The number of hydrogen-bond donors (Lipinski definition) is 2. The molecular formula is C17H21N2O3+. The Bertz CT molecular complexity index is 607. The molecule has 1 amide bonds. The minimum absolute atomic E-state index is 0.0103. The second-order valence-electron chi connectivity index (χ2n) is 5.23. The summed E-state index contributed by atoms with van der Waals surface area (Å²) >= 11 is 0. The summed E-state index contributed by atoms with van der Waals surface area (Å²) in [5, 5.41) is 2.85. The minimum atomic E-state index is -0.0103. The predicted molar refractivity (Wildman–Crippen MR) is 85.8 cm³/mol. The Morgan fingerprint density at radius 3 is 1.95 bits per heavy atom. The van der Waals surface area contributed by atoms with Crippen LogP contribution >= 0.6 is 0 Å². The summed E-state index contributed by atoms with van der Waals surface area (Å²) in [6, 6.07) is 14.7. The number of amides is 1. The van der Waals surface area contributed by atoms with Gasteiger partial charge in [-0.3, -0.25) is 4.79 Å². The van der Waals surface area contributed by atoms with E-state index in [9.17, 15) is 4.79 Å². The zero-order valence-electron chi connectivity index (χ0n) is 13.1. The Morgan fingerprint density at radius 1 is 0.955 bits per heavy atom. The van der Waals surface area contributed by atoms with Crippen LogP contribution < -0.4 is 19.7 Å². The maximum atomic E-state index is 11.7. The van der Waals surface area contributed by atoms with Gasteiger partial charge in [0, 0.05) is 5.69 Å². The average Bonchev–Trinajstić information content (AvgIpc) is 2.49. The standard InChI is InChI=1S/C17H20N2O3/c1-19(2)12-17(20)18-13-4-6-15(7-5-13)22-16-10-8-14(21-3)9-11-16/h4-11H,12H2,1-3H3,(H,18,20)/p+1. The quantitative estimate of drug-likeness (QED) is 0.851. The van der Waals surface area contributed by atoms with E-state index < -0.39 is 0 Å². The van der Waals surface area contributed by atoms with Crippen LogP contribution in [0, 0.1) is 0 Å². The van der Waals surface area contributed by atoms with E-state index in [-0.39, 0.29) is 5.91 Å². The summed E-state index contributed by atoms with van der Waals surface area (Å²) in [5.41, 5.74) is 0.758. The van der Waals surface area contributed by atoms with Crippen molar-refractivity contribution < 1.29 is 19.2 Å². The molecule has 22 heavy (non-hydrogen) atoms. The molecule has 0 saturated heterocycles. The van der Waals surface area contributed by atoms with Gasteiger partial charge in [-0.25, -0.2) is 0 Å². The van der Waals surface area contributed by atoms with Gasteiger partial charge in [0.2, 0.25) is 0 Å². The molecule has 5 nitrogen and oxygen atoms in total. The maximum Gasteiger partial charge on any atom is 0.279 e. The molecule has 5 heteroatoms. The van der Waals surface area contributed by atoms with Crippen molar-refractivity contribution in [2.24, 2.45) is 0 Å². The first-order chi connectivity index (χ1) is 10.6. The van der Waals surface area contributed by atoms with Gasteiger partial charge in [0.1, 0.15) is 17.2 Å². The number of anilines is 1. The van der Waals surface area contributed by atoms with Gasteiger partial charge in [-0.1, -0.05) is 0 Å². The van der Waals surface area contributed by atoms with Crippen LogP contribution in [0.25, 0.3) is 0 Å². The number of carbonyl (C=O) groups excluding carboxylic acids is 1. The van der Waals surface area contributed by atoms with E-state index in [0.717, 1.165) is 22.1 Å². The monoisotopic (exact) mass is 301 g/mol. The van der Waals surface area contributed by atoms with Gasteiger partial charge in [0.15, 0.2) is 6.54 Å². The van der Waals surface area contributed by atoms with Gasteiger partial charge < -0.3 is 19.7 Å². The maximum absolute atomic E-state index is 11.7. The van der Waals surface area contributed by atoms with Crippen molar-refractivity contribution >= 4 is 11.6 Å². The minimum Gasteiger partial charge on any atom is -0.497 e. The third-order valence-corrected chi connectivity index (χ3v) is 2.95. The van der Waals surface area contributed by atoms with Crippen molar-refractivity contribution in [3.05, 3.63) is 48.5 Å². The molecule has 0 aliphatic rings. The topological polar surface area (TPSA) is 52.0 Å². The predicted octanol–water partition coefficient (Wildman–Crippen LogP) is 1.57. The van der Waals surface area contributed by atoms with Gasteiger partial charge >= 0.3 is 0 Å². The summed E-state index contributed by atoms with van der Waals surface area (Å²) in [6.07, 6.45) is 0. The van der Waals surface area contributed by atoms with E-state index in [4.69, 9.17) is 9.47 Å². The second-order valence-corrected chi connectivity index (χ2v) is 5.23. The lowest BCUT2D eigenvalue weighted by Gasteiger charge is -2.10. The molecule has 0 aromatic heterocycles. The Labute approximate surface area is 130 Å². The van der Waals surface area contributed by atoms with Gasteiger partial charge in [-0.05, 0) is 48.5 Å². The molecule has 116 valence electrons. The average molecular weight is 301 g/mol. The zero-order chi connectivity index (χ0) is 15.9. The molecule has 2 rings (SSSR count). The Hall–Kier alpha value is -2.53.